The second-order valence-corrected chi connectivity index (χ2v) is 5.83. The lowest BCUT2D eigenvalue weighted by atomic mass is 9.67. The molecule has 0 amide bonds. The van der Waals surface area contributed by atoms with Crippen LogP contribution >= 0.6 is 0 Å². The van der Waals surface area contributed by atoms with Crippen molar-refractivity contribution < 1.29 is 18.0 Å². The van der Waals surface area contributed by atoms with E-state index in [0.717, 1.165) is 0 Å². The SMILES string of the molecule is CC(=O)C(c1ccc(F)cc1)(c1ccc(F)cc1)c1cccc(F)c1. The van der Waals surface area contributed by atoms with E-state index in [9.17, 15) is 18.0 Å². The van der Waals surface area contributed by atoms with Crippen LogP contribution in [0.1, 0.15) is 23.6 Å². The van der Waals surface area contributed by atoms with Crippen molar-refractivity contribution in [3.8, 4) is 0 Å². The predicted octanol–water partition coefficient (Wildman–Crippen LogP) is 5.03. The average Bonchev–Trinajstić information content (AvgIpc) is 2.58. The van der Waals surface area contributed by atoms with Gasteiger partial charge in [-0.15, -0.1) is 0 Å². The zero-order valence-electron chi connectivity index (χ0n) is 13.5. The molecule has 0 aliphatic carbocycles. The van der Waals surface area contributed by atoms with E-state index in [4.69, 9.17) is 0 Å². The van der Waals surface area contributed by atoms with E-state index in [0.29, 0.717) is 16.7 Å². The number of hydrogen-bond acceptors (Lipinski definition) is 1. The molecule has 0 atom stereocenters. The van der Waals surface area contributed by atoms with E-state index in [1.165, 1.54) is 73.7 Å². The molecule has 0 bridgehead atoms. The first kappa shape index (κ1) is 17.0. The fourth-order valence-electron chi connectivity index (χ4n) is 3.23. The second-order valence-electron chi connectivity index (χ2n) is 5.83. The average molecular weight is 340 g/mol. The van der Waals surface area contributed by atoms with Crippen molar-refractivity contribution in [2.75, 3.05) is 0 Å². The Hall–Kier alpha value is -2.88. The molecule has 0 saturated heterocycles. The number of carbonyl (C=O) groups excluding carboxylic acids is 1. The van der Waals surface area contributed by atoms with Gasteiger partial charge in [0.05, 0.1) is 0 Å². The summed E-state index contributed by atoms with van der Waals surface area (Å²) in [5.41, 5.74) is 0.0131. The van der Waals surface area contributed by atoms with Gasteiger partial charge in [0.15, 0.2) is 0 Å². The van der Waals surface area contributed by atoms with Crippen molar-refractivity contribution in [2.45, 2.75) is 12.3 Å². The Labute approximate surface area is 143 Å². The van der Waals surface area contributed by atoms with Crippen molar-refractivity contribution >= 4 is 5.78 Å². The number of carbonyl (C=O) groups is 1. The third kappa shape index (κ3) is 2.95. The molecule has 3 rings (SSSR count). The Balaban J connectivity index is 2.38. The molecule has 0 aliphatic heterocycles. The monoisotopic (exact) mass is 340 g/mol. The Morgan fingerprint density at radius 1 is 0.680 bits per heavy atom. The molecule has 3 aromatic carbocycles. The van der Waals surface area contributed by atoms with Crippen LogP contribution in [0.15, 0.2) is 72.8 Å². The summed E-state index contributed by atoms with van der Waals surface area (Å²) in [6.45, 7) is 1.39. The van der Waals surface area contributed by atoms with Gasteiger partial charge in [-0.05, 0) is 60.0 Å². The van der Waals surface area contributed by atoms with Crippen LogP contribution in [0.3, 0.4) is 0 Å². The van der Waals surface area contributed by atoms with Crippen LogP contribution in [-0.2, 0) is 10.2 Å². The third-order valence-corrected chi connectivity index (χ3v) is 4.34. The lowest BCUT2D eigenvalue weighted by Crippen LogP contribution is -2.37. The van der Waals surface area contributed by atoms with E-state index in [1.807, 2.05) is 0 Å². The summed E-state index contributed by atoms with van der Waals surface area (Å²) in [6.07, 6.45) is 0. The number of ketones is 1. The molecule has 1 nitrogen and oxygen atoms in total. The van der Waals surface area contributed by atoms with Crippen molar-refractivity contribution in [1.29, 1.82) is 0 Å². The Kier molecular flexibility index (Phi) is 4.45. The first-order chi connectivity index (χ1) is 11.9. The lowest BCUT2D eigenvalue weighted by Gasteiger charge is -2.33. The van der Waals surface area contributed by atoms with Gasteiger partial charge in [0.2, 0.25) is 0 Å². The maximum atomic E-state index is 13.9. The number of halogens is 3. The summed E-state index contributed by atoms with van der Waals surface area (Å²) in [5, 5.41) is 0. The van der Waals surface area contributed by atoms with Crippen molar-refractivity contribution in [1.82, 2.24) is 0 Å². The van der Waals surface area contributed by atoms with Crippen LogP contribution in [0, 0.1) is 17.5 Å². The lowest BCUT2D eigenvalue weighted by molar-refractivity contribution is -0.119. The van der Waals surface area contributed by atoms with Crippen LogP contribution < -0.4 is 0 Å². The highest BCUT2D eigenvalue weighted by Gasteiger charge is 2.41. The summed E-state index contributed by atoms with van der Waals surface area (Å²) < 4.78 is 40.7. The largest absolute Gasteiger partial charge is 0.298 e. The summed E-state index contributed by atoms with van der Waals surface area (Å²) in [4.78, 5) is 12.8. The van der Waals surface area contributed by atoms with Gasteiger partial charge >= 0.3 is 0 Å². The number of rotatable bonds is 4. The molecule has 0 N–H and O–H groups in total. The normalized spacial score (nSPS) is 11.4. The Morgan fingerprint density at radius 3 is 1.56 bits per heavy atom. The van der Waals surface area contributed by atoms with Crippen LogP contribution in [0.25, 0.3) is 0 Å². The van der Waals surface area contributed by atoms with Gasteiger partial charge in [-0.3, -0.25) is 4.79 Å². The fraction of sp³-hybridized carbons (Fsp3) is 0.0952. The molecule has 0 aliphatic rings. The number of Topliss-reactive ketones (excluding diaryl/α,β-unsaturated/α-hetero) is 1. The molecule has 0 saturated carbocycles. The molecule has 0 radical (unpaired) electrons. The summed E-state index contributed by atoms with van der Waals surface area (Å²) in [7, 11) is 0. The topological polar surface area (TPSA) is 17.1 Å². The predicted molar refractivity (Wildman–Crippen MR) is 89.8 cm³/mol. The standard InChI is InChI=1S/C21H15F3O/c1-14(25)21(15-5-9-18(22)10-6-15,16-7-11-19(23)12-8-16)17-3-2-4-20(24)13-17/h2-13H,1H3. The van der Waals surface area contributed by atoms with Gasteiger partial charge in [-0.1, -0.05) is 36.4 Å². The smallest absolute Gasteiger partial charge is 0.149 e. The van der Waals surface area contributed by atoms with E-state index in [1.54, 1.807) is 6.07 Å². The molecule has 25 heavy (non-hydrogen) atoms. The molecule has 0 aromatic heterocycles. The molecule has 0 spiro atoms. The summed E-state index contributed by atoms with van der Waals surface area (Å²) in [6, 6.07) is 16.6. The number of benzene rings is 3. The minimum atomic E-state index is -1.36. The molecular weight excluding hydrogens is 325 g/mol. The Morgan fingerprint density at radius 2 is 1.16 bits per heavy atom. The van der Waals surface area contributed by atoms with Gasteiger partial charge in [0.25, 0.3) is 0 Å². The van der Waals surface area contributed by atoms with Crippen LogP contribution in [0.2, 0.25) is 0 Å². The van der Waals surface area contributed by atoms with Gasteiger partial charge in [0.1, 0.15) is 28.6 Å². The Bertz CT molecular complexity index is 854. The summed E-state index contributed by atoms with van der Waals surface area (Å²) >= 11 is 0. The third-order valence-electron chi connectivity index (χ3n) is 4.34. The minimum absolute atomic E-state index is 0.281. The van der Waals surface area contributed by atoms with Crippen molar-refractivity contribution in [3.63, 3.8) is 0 Å². The molecule has 3 aromatic rings. The molecule has 126 valence electrons. The molecular formula is C21H15F3O. The number of hydrogen-bond donors (Lipinski definition) is 0. The zero-order chi connectivity index (χ0) is 18.0. The van der Waals surface area contributed by atoms with Gasteiger partial charge in [-0.2, -0.15) is 0 Å². The fourth-order valence-corrected chi connectivity index (χ4v) is 3.23. The van der Waals surface area contributed by atoms with Gasteiger partial charge in [0, 0.05) is 0 Å². The van der Waals surface area contributed by atoms with E-state index in [2.05, 4.69) is 0 Å². The van der Waals surface area contributed by atoms with Crippen LogP contribution in [-0.4, -0.2) is 5.78 Å². The highest BCUT2D eigenvalue weighted by molar-refractivity contribution is 5.96. The second kappa shape index (κ2) is 6.55. The maximum absolute atomic E-state index is 13.9. The van der Waals surface area contributed by atoms with E-state index in [-0.39, 0.29) is 5.78 Å². The molecule has 0 heterocycles. The first-order valence-corrected chi connectivity index (χ1v) is 7.74. The van der Waals surface area contributed by atoms with Crippen LogP contribution in [0.5, 0.6) is 0 Å². The minimum Gasteiger partial charge on any atom is -0.298 e. The van der Waals surface area contributed by atoms with Gasteiger partial charge < -0.3 is 0 Å². The summed E-state index contributed by atoms with van der Waals surface area (Å²) in [5.74, 6) is -1.66. The highest BCUT2D eigenvalue weighted by atomic mass is 19.1. The van der Waals surface area contributed by atoms with E-state index >= 15 is 0 Å². The van der Waals surface area contributed by atoms with Crippen LogP contribution in [0.4, 0.5) is 13.2 Å². The van der Waals surface area contributed by atoms with Crippen molar-refractivity contribution in [2.24, 2.45) is 0 Å². The van der Waals surface area contributed by atoms with E-state index < -0.39 is 22.9 Å². The molecule has 4 heteroatoms. The van der Waals surface area contributed by atoms with Crippen molar-refractivity contribution in [3.05, 3.63) is 107 Å². The molecule has 0 unspecified atom stereocenters. The highest BCUT2D eigenvalue weighted by Crippen LogP contribution is 2.40. The quantitative estimate of drug-likeness (QED) is 0.609. The maximum Gasteiger partial charge on any atom is 0.149 e. The van der Waals surface area contributed by atoms with Gasteiger partial charge in [-0.25, -0.2) is 13.2 Å². The zero-order valence-corrected chi connectivity index (χ0v) is 13.5. The molecule has 0 fully saturated rings. The first-order valence-electron chi connectivity index (χ1n) is 7.74.